The standard InChI is InChI=1S/C21H27N3O4/c1-4-24-18-10-9-16(13-17(18)22-14(2)19(24)25)21(27)28-15(3)20(26)23-11-7-5-6-8-12-23/h9-10,13,15H,4-8,11-12H2,1-3H3/t15-/m0/s1. The Hall–Kier alpha value is -2.70. The summed E-state index contributed by atoms with van der Waals surface area (Å²) in [6.45, 7) is 7.11. The van der Waals surface area contributed by atoms with Crippen LogP contribution in [0.4, 0.5) is 0 Å². The van der Waals surface area contributed by atoms with E-state index in [9.17, 15) is 14.4 Å². The number of aryl methyl sites for hydroxylation is 2. The highest BCUT2D eigenvalue weighted by atomic mass is 16.5. The lowest BCUT2D eigenvalue weighted by molar-refractivity contribution is -0.139. The Kier molecular flexibility index (Phi) is 6.11. The van der Waals surface area contributed by atoms with Gasteiger partial charge in [-0.1, -0.05) is 12.8 Å². The van der Waals surface area contributed by atoms with Crippen LogP contribution in [0.5, 0.6) is 0 Å². The van der Waals surface area contributed by atoms with E-state index >= 15 is 0 Å². The highest BCUT2D eigenvalue weighted by molar-refractivity contribution is 5.95. The van der Waals surface area contributed by atoms with Gasteiger partial charge in [-0.15, -0.1) is 0 Å². The molecule has 7 heteroatoms. The lowest BCUT2D eigenvalue weighted by Gasteiger charge is -2.24. The first-order chi connectivity index (χ1) is 13.4. The quantitative estimate of drug-likeness (QED) is 0.756. The lowest BCUT2D eigenvalue weighted by Crippen LogP contribution is -2.40. The fourth-order valence-electron chi connectivity index (χ4n) is 3.64. The molecule has 0 radical (unpaired) electrons. The van der Waals surface area contributed by atoms with Crippen LogP contribution in [0, 0.1) is 6.92 Å². The highest BCUT2D eigenvalue weighted by Gasteiger charge is 2.25. The molecule has 7 nitrogen and oxygen atoms in total. The zero-order valence-corrected chi connectivity index (χ0v) is 16.7. The predicted octanol–water partition coefficient (Wildman–Crippen LogP) is 2.67. The Morgan fingerprint density at radius 1 is 1.18 bits per heavy atom. The van der Waals surface area contributed by atoms with Crippen LogP contribution in [0.25, 0.3) is 11.0 Å². The second-order valence-corrected chi connectivity index (χ2v) is 7.24. The van der Waals surface area contributed by atoms with E-state index in [1.165, 1.54) is 0 Å². The summed E-state index contributed by atoms with van der Waals surface area (Å²) in [6, 6.07) is 4.92. The van der Waals surface area contributed by atoms with Gasteiger partial charge in [0.15, 0.2) is 6.10 Å². The number of carbonyl (C=O) groups excluding carboxylic acids is 2. The van der Waals surface area contributed by atoms with Crippen molar-refractivity contribution in [2.75, 3.05) is 13.1 Å². The van der Waals surface area contributed by atoms with Gasteiger partial charge >= 0.3 is 5.97 Å². The van der Waals surface area contributed by atoms with E-state index < -0.39 is 12.1 Å². The number of amides is 1. The molecule has 0 spiro atoms. The molecule has 0 N–H and O–H groups in total. The summed E-state index contributed by atoms with van der Waals surface area (Å²) in [4.78, 5) is 43.5. The molecular weight excluding hydrogens is 358 g/mol. The van der Waals surface area contributed by atoms with Crippen LogP contribution in [-0.2, 0) is 16.1 Å². The van der Waals surface area contributed by atoms with Crippen molar-refractivity contribution in [2.24, 2.45) is 0 Å². The second-order valence-electron chi connectivity index (χ2n) is 7.24. The van der Waals surface area contributed by atoms with Crippen LogP contribution >= 0.6 is 0 Å². The van der Waals surface area contributed by atoms with Gasteiger partial charge in [0.1, 0.15) is 5.69 Å². The maximum atomic E-state index is 12.6. The number of hydrogen-bond donors (Lipinski definition) is 0. The van der Waals surface area contributed by atoms with E-state index in [0.29, 0.717) is 41.9 Å². The fraction of sp³-hybridized carbons (Fsp3) is 0.524. The van der Waals surface area contributed by atoms with E-state index in [4.69, 9.17) is 4.74 Å². The smallest absolute Gasteiger partial charge is 0.338 e. The number of benzene rings is 1. The van der Waals surface area contributed by atoms with Crippen molar-refractivity contribution in [3.05, 3.63) is 39.8 Å². The minimum absolute atomic E-state index is 0.137. The number of ether oxygens (including phenoxy) is 1. The third-order valence-electron chi connectivity index (χ3n) is 5.21. The number of aromatic nitrogens is 2. The molecule has 0 saturated carbocycles. The molecule has 1 aliphatic heterocycles. The zero-order valence-electron chi connectivity index (χ0n) is 16.7. The average molecular weight is 385 g/mol. The van der Waals surface area contributed by atoms with Gasteiger partial charge < -0.3 is 14.2 Å². The topological polar surface area (TPSA) is 81.5 Å². The Morgan fingerprint density at radius 2 is 1.86 bits per heavy atom. The van der Waals surface area contributed by atoms with Crippen LogP contribution in [0.3, 0.4) is 0 Å². The molecule has 0 unspecified atom stereocenters. The summed E-state index contributed by atoms with van der Waals surface area (Å²) in [6.07, 6.45) is 3.40. The van der Waals surface area contributed by atoms with E-state index in [2.05, 4.69) is 4.98 Å². The molecule has 0 bridgehead atoms. The minimum atomic E-state index is -0.833. The van der Waals surface area contributed by atoms with Gasteiger partial charge in [0.2, 0.25) is 0 Å². The van der Waals surface area contributed by atoms with E-state index in [1.807, 2.05) is 6.92 Å². The van der Waals surface area contributed by atoms with Crippen LogP contribution in [0.2, 0.25) is 0 Å². The molecule has 2 heterocycles. The third kappa shape index (κ3) is 4.08. The first-order valence-electron chi connectivity index (χ1n) is 9.93. The van der Waals surface area contributed by atoms with Crippen LogP contribution in [0.1, 0.15) is 55.6 Å². The Balaban J connectivity index is 1.78. The monoisotopic (exact) mass is 385 g/mol. The molecule has 0 aliphatic carbocycles. The maximum Gasteiger partial charge on any atom is 0.338 e. The fourth-order valence-corrected chi connectivity index (χ4v) is 3.64. The van der Waals surface area contributed by atoms with Crippen molar-refractivity contribution in [1.29, 1.82) is 0 Å². The second kappa shape index (κ2) is 8.54. The molecule has 1 aromatic carbocycles. The van der Waals surface area contributed by atoms with Gasteiger partial charge in [-0.05, 0) is 51.8 Å². The lowest BCUT2D eigenvalue weighted by atomic mass is 10.2. The van der Waals surface area contributed by atoms with Crippen LogP contribution in [-0.4, -0.2) is 45.5 Å². The van der Waals surface area contributed by atoms with E-state index in [0.717, 1.165) is 25.7 Å². The Bertz CT molecular complexity index is 943. The van der Waals surface area contributed by atoms with Gasteiger partial charge in [-0.3, -0.25) is 9.59 Å². The molecule has 1 atom stereocenters. The van der Waals surface area contributed by atoms with Gasteiger partial charge in [-0.25, -0.2) is 9.78 Å². The molecule has 1 aliphatic rings. The number of esters is 1. The van der Waals surface area contributed by atoms with Crippen molar-refractivity contribution < 1.29 is 14.3 Å². The zero-order chi connectivity index (χ0) is 20.3. The van der Waals surface area contributed by atoms with Gasteiger partial charge in [-0.2, -0.15) is 0 Å². The molecule has 3 rings (SSSR count). The van der Waals surface area contributed by atoms with Gasteiger partial charge in [0.25, 0.3) is 11.5 Å². The summed E-state index contributed by atoms with van der Waals surface area (Å²) < 4.78 is 7.05. The summed E-state index contributed by atoms with van der Waals surface area (Å²) in [5, 5.41) is 0. The predicted molar refractivity (Wildman–Crippen MR) is 106 cm³/mol. The largest absolute Gasteiger partial charge is 0.449 e. The third-order valence-corrected chi connectivity index (χ3v) is 5.21. The normalized spacial score (nSPS) is 15.9. The van der Waals surface area contributed by atoms with Crippen molar-refractivity contribution in [1.82, 2.24) is 14.5 Å². The van der Waals surface area contributed by atoms with Crippen molar-refractivity contribution in [2.45, 2.75) is 59.1 Å². The molecular formula is C21H27N3O4. The molecule has 1 aromatic heterocycles. The molecule has 2 aromatic rings. The molecule has 1 fully saturated rings. The Labute approximate surface area is 164 Å². The average Bonchev–Trinajstić information content (AvgIpc) is 2.97. The summed E-state index contributed by atoms with van der Waals surface area (Å²) in [5.41, 5.74) is 1.78. The summed E-state index contributed by atoms with van der Waals surface area (Å²) in [5.74, 6) is -0.712. The van der Waals surface area contributed by atoms with Crippen molar-refractivity contribution >= 4 is 22.9 Å². The first kappa shape index (κ1) is 20.0. The van der Waals surface area contributed by atoms with Crippen molar-refractivity contribution in [3.63, 3.8) is 0 Å². The number of hydrogen-bond acceptors (Lipinski definition) is 5. The van der Waals surface area contributed by atoms with E-state index in [-0.39, 0.29) is 11.5 Å². The van der Waals surface area contributed by atoms with Gasteiger partial charge in [0, 0.05) is 19.6 Å². The van der Waals surface area contributed by atoms with Gasteiger partial charge in [0.05, 0.1) is 16.6 Å². The number of nitrogens with zero attached hydrogens (tertiary/aromatic N) is 3. The number of fused-ring (bicyclic) bond motifs is 1. The van der Waals surface area contributed by atoms with Crippen LogP contribution < -0.4 is 5.56 Å². The highest BCUT2D eigenvalue weighted by Crippen LogP contribution is 2.16. The number of rotatable bonds is 4. The molecule has 150 valence electrons. The molecule has 1 saturated heterocycles. The molecule has 28 heavy (non-hydrogen) atoms. The van der Waals surface area contributed by atoms with E-state index in [1.54, 1.807) is 41.5 Å². The van der Waals surface area contributed by atoms with Crippen molar-refractivity contribution in [3.8, 4) is 0 Å². The SMILES string of the molecule is CCn1c(=O)c(C)nc2cc(C(=O)O[C@@H](C)C(=O)N3CCCCCC3)ccc21. The number of carbonyl (C=O) groups is 2. The summed E-state index contributed by atoms with van der Waals surface area (Å²) >= 11 is 0. The summed E-state index contributed by atoms with van der Waals surface area (Å²) in [7, 11) is 0. The van der Waals surface area contributed by atoms with Crippen LogP contribution in [0.15, 0.2) is 23.0 Å². The Morgan fingerprint density at radius 3 is 2.50 bits per heavy atom. The molecule has 1 amide bonds. The first-order valence-corrected chi connectivity index (χ1v) is 9.93. The number of likely N-dealkylation sites (tertiary alicyclic amines) is 1. The maximum absolute atomic E-state index is 12.6. The minimum Gasteiger partial charge on any atom is -0.449 e.